The number of nitrogens with one attached hydrogen (secondary N) is 1. The highest BCUT2D eigenvalue weighted by atomic mass is 19.1. The van der Waals surface area contributed by atoms with Crippen molar-refractivity contribution in [2.75, 3.05) is 32.1 Å². The normalized spacial score (nSPS) is 17.0. The molecule has 0 radical (unpaired) electrons. The van der Waals surface area contributed by atoms with Crippen LogP contribution in [0, 0.1) is 11.7 Å². The summed E-state index contributed by atoms with van der Waals surface area (Å²) in [7, 11) is 2.01. The van der Waals surface area contributed by atoms with Crippen LogP contribution in [0.1, 0.15) is 35.3 Å². The van der Waals surface area contributed by atoms with Crippen molar-refractivity contribution in [2.45, 2.75) is 39.0 Å². The molecule has 46 heavy (non-hydrogen) atoms. The average Bonchev–Trinajstić information content (AvgIpc) is 3.05. The summed E-state index contributed by atoms with van der Waals surface area (Å²) in [4.78, 5) is 30.7. The molecule has 4 aromatic rings. The number of carbonyl (C=O) groups excluding carboxylic acids is 2. The fraction of sp³-hybridized carbons (Fsp3) is 0.297. The van der Waals surface area contributed by atoms with E-state index < -0.39 is 6.04 Å². The maximum Gasteiger partial charge on any atom is 0.258 e. The van der Waals surface area contributed by atoms with Crippen LogP contribution in [0.15, 0.2) is 97.1 Å². The van der Waals surface area contributed by atoms with Crippen molar-refractivity contribution in [1.29, 1.82) is 0 Å². The second-order valence-corrected chi connectivity index (χ2v) is 11.9. The Balaban J connectivity index is 1.34. The van der Waals surface area contributed by atoms with Crippen LogP contribution in [-0.4, -0.2) is 65.6 Å². The molecule has 0 aromatic heterocycles. The summed E-state index contributed by atoms with van der Waals surface area (Å²) in [5.41, 5.74) is 2.45. The number of anilines is 1. The van der Waals surface area contributed by atoms with Crippen molar-refractivity contribution in [1.82, 2.24) is 9.80 Å². The Morgan fingerprint density at radius 2 is 1.67 bits per heavy atom. The van der Waals surface area contributed by atoms with Gasteiger partial charge in [0.05, 0.1) is 30.3 Å². The minimum absolute atomic E-state index is 0.0311. The van der Waals surface area contributed by atoms with Crippen molar-refractivity contribution in [2.24, 2.45) is 5.92 Å². The molecule has 0 aliphatic carbocycles. The number of aliphatic hydroxyl groups is 1. The lowest BCUT2D eigenvalue weighted by atomic mass is 9.98. The first-order valence-corrected chi connectivity index (χ1v) is 15.5. The molecule has 2 amide bonds. The van der Waals surface area contributed by atoms with Crippen molar-refractivity contribution in [3.8, 4) is 17.2 Å². The zero-order valence-electron chi connectivity index (χ0n) is 26.4. The lowest BCUT2D eigenvalue weighted by Gasteiger charge is -2.38. The fourth-order valence-electron chi connectivity index (χ4n) is 5.51. The van der Waals surface area contributed by atoms with Crippen LogP contribution in [0.3, 0.4) is 0 Å². The number of fused-ring (bicyclic) bond motifs is 1. The number of rotatable bonds is 11. The summed E-state index contributed by atoms with van der Waals surface area (Å²) in [6, 6.07) is 28.0. The Hall–Kier alpha value is -4.73. The van der Waals surface area contributed by atoms with Crippen LogP contribution in [0.4, 0.5) is 10.1 Å². The van der Waals surface area contributed by atoms with Crippen LogP contribution in [0.25, 0.3) is 0 Å². The topological polar surface area (TPSA) is 91.3 Å². The Morgan fingerprint density at radius 3 is 2.37 bits per heavy atom. The number of aliphatic hydroxyl groups excluding tert-OH is 1. The maximum atomic E-state index is 13.8. The highest BCUT2D eigenvalue weighted by Crippen LogP contribution is 2.35. The molecule has 5 rings (SSSR count). The largest absolute Gasteiger partial charge is 0.486 e. The van der Waals surface area contributed by atoms with Crippen LogP contribution >= 0.6 is 0 Å². The molecule has 1 heterocycles. The fourth-order valence-corrected chi connectivity index (χ4v) is 5.51. The predicted octanol–water partition coefficient (Wildman–Crippen LogP) is 6.15. The van der Waals surface area contributed by atoms with E-state index in [0.717, 1.165) is 17.1 Å². The van der Waals surface area contributed by atoms with Gasteiger partial charge in [-0.25, -0.2) is 4.39 Å². The van der Waals surface area contributed by atoms with E-state index in [1.54, 1.807) is 35.2 Å². The molecule has 0 spiro atoms. The number of para-hydroxylation sites is 2. The second-order valence-electron chi connectivity index (χ2n) is 11.9. The maximum absolute atomic E-state index is 13.8. The summed E-state index contributed by atoms with van der Waals surface area (Å²) in [6.45, 7) is 5.24. The monoisotopic (exact) mass is 625 g/mol. The van der Waals surface area contributed by atoms with E-state index >= 15 is 0 Å². The number of hydrogen-bond acceptors (Lipinski definition) is 6. The summed E-state index contributed by atoms with van der Waals surface area (Å²) in [6.07, 6.45) is -0.315. The van der Waals surface area contributed by atoms with E-state index in [-0.39, 0.29) is 42.7 Å². The number of likely N-dealkylation sites (N-methyl/N-ethyl adjacent to an activating group) is 1. The van der Waals surface area contributed by atoms with Crippen molar-refractivity contribution in [3.05, 3.63) is 120 Å². The zero-order valence-corrected chi connectivity index (χ0v) is 26.4. The van der Waals surface area contributed by atoms with Crippen molar-refractivity contribution >= 4 is 17.5 Å². The van der Waals surface area contributed by atoms with Crippen LogP contribution < -0.4 is 14.8 Å². The van der Waals surface area contributed by atoms with Gasteiger partial charge in [-0.15, -0.1) is 0 Å². The van der Waals surface area contributed by atoms with Crippen LogP contribution in [0.2, 0.25) is 0 Å². The van der Waals surface area contributed by atoms with Crippen LogP contribution in [0.5, 0.6) is 17.2 Å². The first-order chi connectivity index (χ1) is 22.2. The number of hydrogen-bond donors (Lipinski definition) is 2. The lowest BCUT2D eigenvalue weighted by Crippen LogP contribution is -2.49. The summed E-state index contributed by atoms with van der Waals surface area (Å²) in [5, 5.41) is 12.9. The van der Waals surface area contributed by atoms with Crippen LogP contribution in [-0.2, 0) is 17.8 Å². The van der Waals surface area contributed by atoms with E-state index in [9.17, 15) is 19.1 Å². The van der Waals surface area contributed by atoms with Gasteiger partial charge in [-0.2, -0.15) is 0 Å². The number of amides is 2. The molecular formula is C37H40FN3O5. The molecule has 8 nitrogen and oxygen atoms in total. The molecule has 3 atom stereocenters. The Bertz CT molecular complexity index is 1610. The quantitative estimate of drug-likeness (QED) is 0.208. The van der Waals surface area contributed by atoms with E-state index in [1.807, 2.05) is 75.5 Å². The number of nitrogens with zero attached hydrogens (tertiary/aromatic N) is 2. The lowest BCUT2D eigenvalue weighted by molar-refractivity contribution is -0.115. The number of ether oxygens (including phenoxy) is 2. The average molecular weight is 626 g/mol. The van der Waals surface area contributed by atoms with Gasteiger partial charge < -0.3 is 24.8 Å². The standard InChI is InChI=1S/C37H40FN3O5/c1-25-21-41(26(2)24-42)37(44)32-10-7-11-33(39-35(43)20-27-12-16-29(38)17-13-27)36(32)46-34(25)23-40(3)22-28-14-18-31(19-15-28)45-30-8-5-4-6-9-30/h4-19,25-26,34,42H,20-24H2,1-3H3,(H,39,43)/t25-,26+,34-/m1/s1. The van der Waals surface area contributed by atoms with Gasteiger partial charge >= 0.3 is 0 Å². The second kappa shape index (κ2) is 15.0. The van der Waals surface area contributed by atoms with Gasteiger partial charge in [-0.3, -0.25) is 14.5 Å². The van der Waals surface area contributed by atoms with Gasteiger partial charge in [0.2, 0.25) is 5.91 Å². The SMILES string of the molecule is C[C@@H]1CN([C@@H](C)CO)C(=O)c2cccc(NC(=O)Cc3ccc(F)cc3)c2O[C@@H]1CN(C)Cc1ccc(Oc2ccccc2)cc1. The molecule has 1 aliphatic rings. The third-order valence-electron chi connectivity index (χ3n) is 8.09. The molecule has 1 aliphatic heterocycles. The molecular weight excluding hydrogens is 585 g/mol. The van der Waals surface area contributed by atoms with Gasteiger partial charge in [0, 0.05) is 25.6 Å². The van der Waals surface area contributed by atoms with E-state index in [4.69, 9.17) is 9.47 Å². The number of benzene rings is 4. The highest BCUT2D eigenvalue weighted by molar-refractivity contribution is 6.02. The predicted molar refractivity (Wildman–Crippen MR) is 176 cm³/mol. The summed E-state index contributed by atoms with van der Waals surface area (Å²) < 4.78 is 25.9. The van der Waals surface area contributed by atoms with E-state index in [1.165, 1.54) is 12.1 Å². The van der Waals surface area contributed by atoms with Gasteiger partial charge in [0.25, 0.3) is 5.91 Å². The highest BCUT2D eigenvalue weighted by Gasteiger charge is 2.34. The molecule has 4 aromatic carbocycles. The third kappa shape index (κ3) is 8.29. The van der Waals surface area contributed by atoms with Gasteiger partial charge in [0.1, 0.15) is 23.4 Å². The first kappa shape index (κ1) is 32.7. The smallest absolute Gasteiger partial charge is 0.258 e. The number of halogens is 1. The molecule has 0 fully saturated rings. The molecule has 2 N–H and O–H groups in total. The molecule has 0 bridgehead atoms. The minimum atomic E-state index is -0.410. The van der Waals surface area contributed by atoms with Gasteiger partial charge in [0.15, 0.2) is 5.75 Å². The number of carbonyl (C=O) groups is 2. The zero-order chi connectivity index (χ0) is 32.6. The Labute approximate surface area is 269 Å². The summed E-state index contributed by atoms with van der Waals surface area (Å²) in [5.74, 6) is 0.754. The van der Waals surface area contributed by atoms with E-state index in [2.05, 4.69) is 10.2 Å². The first-order valence-electron chi connectivity index (χ1n) is 15.5. The van der Waals surface area contributed by atoms with E-state index in [0.29, 0.717) is 42.2 Å². The summed E-state index contributed by atoms with van der Waals surface area (Å²) >= 11 is 0. The van der Waals surface area contributed by atoms with Gasteiger partial charge in [-0.05, 0) is 73.6 Å². The minimum Gasteiger partial charge on any atom is -0.486 e. The van der Waals surface area contributed by atoms with Crippen molar-refractivity contribution < 1.29 is 28.6 Å². The third-order valence-corrected chi connectivity index (χ3v) is 8.09. The molecule has 0 saturated carbocycles. The van der Waals surface area contributed by atoms with Gasteiger partial charge in [-0.1, -0.05) is 55.5 Å². The Kier molecular flexibility index (Phi) is 10.7. The molecule has 9 heteroatoms. The molecule has 0 unspecified atom stereocenters. The molecule has 0 saturated heterocycles. The Morgan fingerprint density at radius 1 is 1.00 bits per heavy atom. The van der Waals surface area contributed by atoms with Crippen molar-refractivity contribution in [3.63, 3.8) is 0 Å². The molecule has 240 valence electrons.